The maximum absolute atomic E-state index is 12.2. The summed E-state index contributed by atoms with van der Waals surface area (Å²) >= 11 is 1.40. The highest BCUT2D eigenvalue weighted by Gasteiger charge is 2.19. The van der Waals surface area contributed by atoms with E-state index in [1.807, 2.05) is 25.1 Å². The van der Waals surface area contributed by atoms with Crippen molar-refractivity contribution >= 4 is 22.6 Å². The lowest BCUT2D eigenvalue weighted by Gasteiger charge is -2.27. The van der Waals surface area contributed by atoms with Crippen molar-refractivity contribution < 1.29 is 9.53 Å². The minimum atomic E-state index is 0.0868. The van der Waals surface area contributed by atoms with Crippen molar-refractivity contribution in [1.82, 2.24) is 14.7 Å². The van der Waals surface area contributed by atoms with Gasteiger partial charge in [-0.2, -0.15) is 4.37 Å². The number of carbonyl (C=O) groups is 1. The summed E-state index contributed by atoms with van der Waals surface area (Å²) in [6, 6.07) is 8.47. The Hall–Kier alpha value is -2.15. The van der Waals surface area contributed by atoms with Gasteiger partial charge in [-0.15, -0.1) is 0 Å². The zero-order valence-corrected chi connectivity index (χ0v) is 18.4. The number of ether oxygens (including phenoxy) is 1. The van der Waals surface area contributed by atoms with Gasteiger partial charge in [0.2, 0.25) is 11.0 Å². The topological polar surface area (TPSA) is 67.4 Å². The van der Waals surface area contributed by atoms with Crippen LogP contribution < -0.4 is 15.0 Å². The van der Waals surface area contributed by atoms with Crippen molar-refractivity contribution in [1.29, 1.82) is 0 Å². The monoisotopic (exact) mass is 404 g/mol. The number of methoxy groups -OCH3 is 1. The third-order valence-corrected chi connectivity index (χ3v) is 5.71. The van der Waals surface area contributed by atoms with Crippen LogP contribution in [0.4, 0.5) is 5.13 Å². The maximum Gasteiger partial charge on any atom is 0.221 e. The van der Waals surface area contributed by atoms with Crippen LogP contribution in [0.5, 0.6) is 5.75 Å². The lowest BCUT2D eigenvalue weighted by molar-refractivity contribution is -0.121. The zero-order chi connectivity index (χ0) is 20.5. The second-order valence-electron chi connectivity index (χ2n) is 7.10. The van der Waals surface area contributed by atoms with E-state index in [0.29, 0.717) is 25.4 Å². The maximum atomic E-state index is 12.2. The molecule has 0 saturated carbocycles. The summed E-state index contributed by atoms with van der Waals surface area (Å²) in [7, 11) is 1.67. The molecule has 0 fully saturated rings. The Morgan fingerprint density at radius 2 is 2.07 bits per heavy atom. The molecular weight excluding hydrogens is 372 g/mol. The second-order valence-corrected chi connectivity index (χ2v) is 7.83. The van der Waals surface area contributed by atoms with Crippen LogP contribution in [0.3, 0.4) is 0 Å². The van der Waals surface area contributed by atoms with Crippen molar-refractivity contribution in [2.45, 2.75) is 65.5 Å². The van der Waals surface area contributed by atoms with E-state index in [4.69, 9.17) is 9.72 Å². The van der Waals surface area contributed by atoms with Gasteiger partial charge in [-0.25, -0.2) is 4.98 Å². The molecule has 0 spiro atoms. The third kappa shape index (κ3) is 6.48. The molecular formula is C21H32N4O2S. The molecule has 0 aliphatic rings. The average Bonchev–Trinajstić information content (AvgIpc) is 3.15. The molecule has 1 N–H and O–H groups in total. The van der Waals surface area contributed by atoms with Gasteiger partial charge in [0.05, 0.1) is 7.11 Å². The first-order valence-electron chi connectivity index (χ1n) is 9.98. The van der Waals surface area contributed by atoms with Crippen molar-refractivity contribution in [2.75, 3.05) is 18.6 Å². The van der Waals surface area contributed by atoms with Crippen molar-refractivity contribution in [3.8, 4) is 5.75 Å². The van der Waals surface area contributed by atoms with E-state index >= 15 is 0 Å². The molecule has 0 unspecified atom stereocenters. The molecule has 1 amide bonds. The molecule has 0 aliphatic heterocycles. The number of hydrogen-bond donors (Lipinski definition) is 1. The van der Waals surface area contributed by atoms with E-state index in [1.165, 1.54) is 11.5 Å². The van der Waals surface area contributed by atoms with Gasteiger partial charge in [0.25, 0.3) is 0 Å². The van der Waals surface area contributed by atoms with E-state index in [-0.39, 0.29) is 11.9 Å². The second kappa shape index (κ2) is 11.0. The van der Waals surface area contributed by atoms with Gasteiger partial charge < -0.3 is 15.0 Å². The summed E-state index contributed by atoms with van der Waals surface area (Å²) in [4.78, 5) is 19.1. The minimum absolute atomic E-state index is 0.0868. The van der Waals surface area contributed by atoms with Crippen LogP contribution in [-0.2, 0) is 11.2 Å². The summed E-state index contributed by atoms with van der Waals surface area (Å²) in [6.07, 6.45) is 3.04. The normalized spacial score (nSPS) is 13.0. The van der Waals surface area contributed by atoms with E-state index < -0.39 is 0 Å². The zero-order valence-electron chi connectivity index (χ0n) is 17.6. The number of amides is 1. The molecule has 2 atom stereocenters. The Bertz CT molecular complexity index is 750. The number of rotatable bonds is 11. The molecule has 0 bridgehead atoms. The molecule has 7 heteroatoms. The number of benzene rings is 1. The Kier molecular flexibility index (Phi) is 8.70. The van der Waals surface area contributed by atoms with Crippen molar-refractivity contribution in [3.63, 3.8) is 0 Å². The number of nitrogens with zero attached hydrogens (tertiary/aromatic N) is 3. The Balaban J connectivity index is 2.05. The molecule has 28 heavy (non-hydrogen) atoms. The van der Waals surface area contributed by atoms with Crippen molar-refractivity contribution in [2.24, 2.45) is 0 Å². The van der Waals surface area contributed by atoms with E-state index in [9.17, 15) is 4.79 Å². The molecule has 1 heterocycles. The smallest absolute Gasteiger partial charge is 0.221 e. The van der Waals surface area contributed by atoms with Crippen LogP contribution in [0.2, 0.25) is 0 Å². The highest BCUT2D eigenvalue weighted by Crippen LogP contribution is 2.23. The SMILES string of the molecule is CC[C@H](C)NC(=O)CCN(c1nc(Cc2cccc(OC)c2)ns1)[C@@H](C)CC. The Labute approximate surface area is 172 Å². The summed E-state index contributed by atoms with van der Waals surface area (Å²) in [6.45, 7) is 9.05. The first-order chi connectivity index (χ1) is 13.5. The lowest BCUT2D eigenvalue weighted by atomic mass is 10.1. The predicted octanol–water partition coefficient (Wildman–Crippen LogP) is 4.05. The number of hydrogen-bond acceptors (Lipinski definition) is 6. The Morgan fingerprint density at radius 3 is 2.75 bits per heavy atom. The van der Waals surface area contributed by atoms with Gasteiger partial charge in [-0.1, -0.05) is 26.0 Å². The largest absolute Gasteiger partial charge is 0.497 e. The van der Waals surface area contributed by atoms with Gasteiger partial charge in [0.1, 0.15) is 11.6 Å². The average molecular weight is 405 g/mol. The molecule has 0 saturated heterocycles. The van der Waals surface area contributed by atoms with Gasteiger partial charge >= 0.3 is 0 Å². The molecule has 1 aromatic carbocycles. The van der Waals surface area contributed by atoms with Crippen LogP contribution in [0.1, 0.15) is 58.3 Å². The first-order valence-corrected chi connectivity index (χ1v) is 10.8. The van der Waals surface area contributed by atoms with Crippen LogP contribution in [0.25, 0.3) is 0 Å². The molecule has 154 valence electrons. The standard InChI is InChI=1S/C21H32N4O2S/c1-6-15(3)22-20(26)11-12-25(16(4)7-2)21-23-19(24-28-21)14-17-9-8-10-18(13-17)27-5/h8-10,13,15-16H,6-7,11-12,14H2,1-5H3,(H,22,26)/t15-,16-/m0/s1. The lowest BCUT2D eigenvalue weighted by Crippen LogP contribution is -2.38. The highest BCUT2D eigenvalue weighted by atomic mass is 32.1. The fraction of sp³-hybridized carbons (Fsp3) is 0.571. The van der Waals surface area contributed by atoms with Gasteiger partial charge in [-0.05, 0) is 44.4 Å². The molecule has 0 radical (unpaired) electrons. The predicted molar refractivity (Wildman–Crippen MR) is 115 cm³/mol. The van der Waals surface area contributed by atoms with E-state index in [1.54, 1.807) is 7.11 Å². The number of nitrogens with one attached hydrogen (secondary N) is 1. The third-order valence-electron chi connectivity index (χ3n) is 4.92. The van der Waals surface area contributed by atoms with Gasteiger partial charge in [-0.3, -0.25) is 4.79 Å². The number of anilines is 1. The van der Waals surface area contributed by atoms with Crippen LogP contribution in [-0.4, -0.2) is 41.0 Å². The first kappa shape index (κ1) is 22.1. The summed E-state index contributed by atoms with van der Waals surface area (Å²) in [5.41, 5.74) is 1.12. The molecule has 1 aromatic heterocycles. The quantitative estimate of drug-likeness (QED) is 0.612. The van der Waals surface area contributed by atoms with Crippen LogP contribution in [0, 0.1) is 0 Å². The van der Waals surface area contributed by atoms with Crippen LogP contribution in [0.15, 0.2) is 24.3 Å². The fourth-order valence-corrected chi connectivity index (χ4v) is 3.61. The highest BCUT2D eigenvalue weighted by molar-refractivity contribution is 7.09. The van der Waals surface area contributed by atoms with Crippen molar-refractivity contribution in [3.05, 3.63) is 35.7 Å². The summed E-state index contributed by atoms with van der Waals surface area (Å²) in [5, 5.41) is 3.91. The number of carbonyl (C=O) groups excluding carboxylic acids is 1. The minimum Gasteiger partial charge on any atom is -0.497 e. The van der Waals surface area contributed by atoms with Gasteiger partial charge in [0, 0.05) is 43.0 Å². The fourth-order valence-electron chi connectivity index (χ4n) is 2.79. The van der Waals surface area contributed by atoms with E-state index in [0.717, 1.165) is 35.1 Å². The van der Waals surface area contributed by atoms with E-state index in [2.05, 4.69) is 41.4 Å². The summed E-state index contributed by atoms with van der Waals surface area (Å²) in [5.74, 6) is 1.72. The molecule has 0 aliphatic carbocycles. The van der Waals surface area contributed by atoms with Crippen LogP contribution >= 0.6 is 11.5 Å². The molecule has 2 aromatic rings. The Morgan fingerprint density at radius 1 is 1.29 bits per heavy atom. The number of aromatic nitrogens is 2. The van der Waals surface area contributed by atoms with Gasteiger partial charge in [0.15, 0.2) is 0 Å². The molecule has 2 rings (SSSR count). The molecule has 6 nitrogen and oxygen atoms in total. The summed E-state index contributed by atoms with van der Waals surface area (Å²) < 4.78 is 9.83.